The predicted molar refractivity (Wildman–Crippen MR) is 146 cm³/mol. The van der Waals surface area contributed by atoms with E-state index < -0.39 is 10.0 Å². The van der Waals surface area contributed by atoms with Gasteiger partial charge < -0.3 is 15.6 Å². The Hall–Kier alpha value is -3.84. The zero-order valence-corrected chi connectivity index (χ0v) is 21.6. The summed E-state index contributed by atoms with van der Waals surface area (Å²) in [7, 11) is -3.87. The molecule has 2 heterocycles. The maximum Gasteiger partial charge on any atom is 0.243 e. The van der Waals surface area contributed by atoms with Gasteiger partial charge in [0.1, 0.15) is 0 Å². The zero-order chi connectivity index (χ0) is 25.1. The van der Waals surface area contributed by atoms with Crippen molar-refractivity contribution < 1.29 is 8.42 Å². The Kier molecular flexibility index (Phi) is 7.83. The third-order valence-electron chi connectivity index (χ3n) is 6.43. The fourth-order valence-electron chi connectivity index (χ4n) is 4.67. The van der Waals surface area contributed by atoms with Crippen LogP contribution >= 0.6 is 12.4 Å². The van der Waals surface area contributed by atoms with Crippen molar-refractivity contribution in [3.8, 4) is 6.07 Å². The number of nitrogens with one attached hydrogen (secondary N) is 1. The molecule has 5 rings (SSSR count). The van der Waals surface area contributed by atoms with Gasteiger partial charge in [0.15, 0.2) is 0 Å². The second-order valence-electron chi connectivity index (χ2n) is 8.88. The molecular formula is C27H27ClN6O2S. The van der Waals surface area contributed by atoms with Gasteiger partial charge in [0.05, 0.1) is 35.1 Å². The van der Waals surface area contributed by atoms with E-state index in [0.29, 0.717) is 30.8 Å². The lowest BCUT2D eigenvalue weighted by atomic mass is 10.1. The van der Waals surface area contributed by atoms with E-state index in [-0.39, 0.29) is 29.9 Å². The van der Waals surface area contributed by atoms with Gasteiger partial charge in [-0.1, -0.05) is 30.3 Å². The summed E-state index contributed by atoms with van der Waals surface area (Å²) in [6, 6.07) is 23.5. The Balaban J connectivity index is 0.00000320. The van der Waals surface area contributed by atoms with Gasteiger partial charge in [-0.3, -0.25) is 0 Å². The molecular weight excluding hydrogens is 508 g/mol. The van der Waals surface area contributed by atoms with E-state index in [1.807, 2.05) is 36.4 Å². The lowest BCUT2D eigenvalue weighted by Gasteiger charge is -2.32. The van der Waals surface area contributed by atoms with Crippen LogP contribution < -0.4 is 10.6 Å². The van der Waals surface area contributed by atoms with E-state index in [9.17, 15) is 13.7 Å². The standard InChI is InChI=1S/C27H26N6O2S.ClH/c28-14-21-6-11-27-22(12-21)16-33(36(34,35)26-9-7-23(29)8-10-26)25(13-20-4-2-1-3-5-20)18-32(27)17-24-15-30-19-31-24;/h1-12,15,19,25H,13,16-18,29H2,(H,30,31);1H/t25-;/m1./s1. The van der Waals surface area contributed by atoms with Gasteiger partial charge >= 0.3 is 0 Å². The van der Waals surface area contributed by atoms with Crippen LogP contribution in [0.4, 0.5) is 11.4 Å². The highest BCUT2D eigenvalue weighted by Gasteiger charge is 2.36. The molecule has 0 bridgehead atoms. The summed E-state index contributed by atoms with van der Waals surface area (Å²) < 4.78 is 29.6. The number of sulfonamides is 1. The third kappa shape index (κ3) is 5.62. The third-order valence-corrected chi connectivity index (χ3v) is 8.34. The molecule has 8 nitrogen and oxygen atoms in total. The van der Waals surface area contributed by atoms with Crippen molar-refractivity contribution in [2.24, 2.45) is 0 Å². The first-order chi connectivity index (χ1) is 17.4. The topological polar surface area (TPSA) is 119 Å². The molecule has 0 aliphatic carbocycles. The van der Waals surface area contributed by atoms with Crippen LogP contribution in [0.25, 0.3) is 0 Å². The number of aromatic nitrogens is 2. The first-order valence-electron chi connectivity index (χ1n) is 11.6. The number of halogens is 1. The number of hydrogen-bond donors (Lipinski definition) is 2. The van der Waals surface area contributed by atoms with Crippen molar-refractivity contribution in [2.75, 3.05) is 17.2 Å². The number of anilines is 2. The van der Waals surface area contributed by atoms with Crippen molar-refractivity contribution in [2.45, 2.75) is 30.4 Å². The number of aromatic amines is 1. The molecule has 0 saturated carbocycles. The maximum absolute atomic E-state index is 14.0. The number of nitriles is 1. The van der Waals surface area contributed by atoms with E-state index in [4.69, 9.17) is 5.73 Å². The highest BCUT2D eigenvalue weighted by atomic mass is 35.5. The average Bonchev–Trinajstić information content (AvgIpc) is 3.35. The summed E-state index contributed by atoms with van der Waals surface area (Å²) in [6.07, 6.45) is 3.93. The molecule has 3 N–H and O–H groups in total. The zero-order valence-electron chi connectivity index (χ0n) is 20.0. The lowest BCUT2D eigenvalue weighted by Crippen LogP contribution is -2.45. The summed E-state index contributed by atoms with van der Waals surface area (Å²) in [5, 5.41) is 9.54. The number of hydrogen-bond acceptors (Lipinski definition) is 6. The first-order valence-corrected chi connectivity index (χ1v) is 13.0. The first kappa shape index (κ1) is 26.2. The summed E-state index contributed by atoms with van der Waals surface area (Å²) in [5.74, 6) is 0. The minimum Gasteiger partial charge on any atom is -0.399 e. The normalized spacial score (nSPS) is 15.8. The molecule has 0 radical (unpaired) electrons. The predicted octanol–water partition coefficient (Wildman–Crippen LogP) is 4.11. The monoisotopic (exact) mass is 534 g/mol. The fraction of sp³-hybridized carbons (Fsp3) is 0.185. The molecule has 3 aromatic carbocycles. The summed E-state index contributed by atoms with van der Waals surface area (Å²) in [5.41, 5.74) is 10.5. The van der Waals surface area contributed by atoms with Gasteiger partial charge in [-0.2, -0.15) is 9.57 Å². The number of imidazole rings is 1. The van der Waals surface area contributed by atoms with Crippen molar-refractivity contribution >= 4 is 33.8 Å². The van der Waals surface area contributed by atoms with Crippen LogP contribution in [0.1, 0.15) is 22.4 Å². The molecule has 37 heavy (non-hydrogen) atoms. The van der Waals surface area contributed by atoms with Crippen LogP contribution in [0.3, 0.4) is 0 Å². The van der Waals surface area contributed by atoms with Gasteiger partial charge in [-0.25, -0.2) is 13.4 Å². The number of H-pyrrole nitrogens is 1. The molecule has 1 aromatic heterocycles. The quantitative estimate of drug-likeness (QED) is 0.359. The number of rotatable bonds is 6. The van der Waals surface area contributed by atoms with Crippen molar-refractivity contribution in [1.29, 1.82) is 5.26 Å². The highest BCUT2D eigenvalue weighted by molar-refractivity contribution is 7.89. The number of nitrogen functional groups attached to an aromatic ring is 1. The lowest BCUT2D eigenvalue weighted by molar-refractivity contribution is 0.318. The molecule has 0 amide bonds. The van der Waals surface area contributed by atoms with E-state index in [0.717, 1.165) is 22.5 Å². The second kappa shape index (κ2) is 11.0. The van der Waals surface area contributed by atoms with E-state index in [1.54, 1.807) is 53.2 Å². The van der Waals surface area contributed by atoms with Crippen molar-refractivity contribution in [3.63, 3.8) is 0 Å². The SMILES string of the molecule is Cl.N#Cc1ccc2c(c1)CN(S(=O)(=O)c1ccc(N)cc1)[C@H](Cc1ccccc1)CN2Cc1cnc[nH]1. The van der Waals surface area contributed by atoms with Gasteiger partial charge in [0, 0.05) is 36.7 Å². The molecule has 0 unspecified atom stereocenters. The van der Waals surface area contributed by atoms with Gasteiger partial charge in [-0.05, 0) is 60.0 Å². The Bertz CT molecular complexity index is 1490. The minimum absolute atomic E-state index is 0. The smallest absolute Gasteiger partial charge is 0.243 e. The van der Waals surface area contributed by atoms with Gasteiger partial charge in [0.25, 0.3) is 0 Å². The number of nitrogens with zero attached hydrogens (tertiary/aromatic N) is 4. The van der Waals surface area contributed by atoms with E-state index in [1.165, 1.54) is 0 Å². The number of benzene rings is 3. The summed E-state index contributed by atoms with van der Waals surface area (Å²) in [6.45, 7) is 1.13. The Morgan fingerprint density at radius 3 is 2.51 bits per heavy atom. The van der Waals surface area contributed by atoms with Crippen LogP contribution in [0.5, 0.6) is 0 Å². The highest BCUT2D eigenvalue weighted by Crippen LogP contribution is 2.33. The minimum atomic E-state index is -3.87. The molecule has 0 fully saturated rings. The maximum atomic E-state index is 14.0. The molecule has 4 aromatic rings. The molecule has 0 saturated heterocycles. The van der Waals surface area contributed by atoms with Crippen LogP contribution in [0.15, 0.2) is 90.2 Å². The molecule has 190 valence electrons. The fourth-order valence-corrected chi connectivity index (χ4v) is 6.26. The van der Waals surface area contributed by atoms with Crippen molar-refractivity contribution in [1.82, 2.24) is 14.3 Å². The van der Waals surface area contributed by atoms with Crippen LogP contribution in [0, 0.1) is 11.3 Å². The molecule has 1 aliphatic heterocycles. The van der Waals surface area contributed by atoms with Crippen LogP contribution in [0.2, 0.25) is 0 Å². The second-order valence-corrected chi connectivity index (χ2v) is 10.8. The number of fused-ring (bicyclic) bond motifs is 1. The van der Waals surface area contributed by atoms with Gasteiger partial charge in [-0.15, -0.1) is 12.4 Å². The molecule has 1 atom stereocenters. The van der Waals surface area contributed by atoms with Gasteiger partial charge in [0.2, 0.25) is 10.0 Å². The Labute approximate surface area is 222 Å². The average molecular weight is 535 g/mol. The molecule has 10 heteroatoms. The van der Waals surface area contributed by atoms with E-state index >= 15 is 0 Å². The Morgan fingerprint density at radius 2 is 1.84 bits per heavy atom. The van der Waals surface area contributed by atoms with E-state index in [2.05, 4.69) is 20.9 Å². The number of nitrogens with two attached hydrogens (primary N) is 1. The van der Waals surface area contributed by atoms with Crippen LogP contribution in [-0.2, 0) is 29.5 Å². The van der Waals surface area contributed by atoms with Crippen molar-refractivity contribution in [3.05, 3.63) is 108 Å². The Morgan fingerprint density at radius 1 is 1.08 bits per heavy atom. The summed E-state index contributed by atoms with van der Waals surface area (Å²) in [4.78, 5) is 9.64. The van der Waals surface area contributed by atoms with Crippen LogP contribution in [-0.4, -0.2) is 35.3 Å². The largest absolute Gasteiger partial charge is 0.399 e. The summed E-state index contributed by atoms with van der Waals surface area (Å²) >= 11 is 0. The molecule has 1 aliphatic rings. The molecule has 0 spiro atoms.